The van der Waals surface area contributed by atoms with Crippen molar-refractivity contribution in [2.45, 2.75) is 31.8 Å². The van der Waals surface area contributed by atoms with Crippen molar-refractivity contribution >= 4 is 11.7 Å². The highest BCUT2D eigenvalue weighted by molar-refractivity contribution is 5.94. The molecule has 0 spiro atoms. The van der Waals surface area contributed by atoms with Gasteiger partial charge in [0, 0.05) is 55.7 Å². The Bertz CT molecular complexity index is 777. The summed E-state index contributed by atoms with van der Waals surface area (Å²) in [7, 11) is 0. The summed E-state index contributed by atoms with van der Waals surface area (Å²) in [6, 6.07) is 9.52. The SMILES string of the molecule is O=C(c1ccnc(N2C[C@@H](Cc3ccccn3)[C@H](O)C2)c1)N1CCCCC1. The number of β-amino-alcohol motifs (C(OH)–C–C–N with tert-alkyl or cyclic N) is 1. The molecule has 2 saturated heterocycles. The number of piperidine rings is 1. The van der Waals surface area contributed by atoms with Crippen LogP contribution in [0, 0.1) is 5.92 Å². The van der Waals surface area contributed by atoms with Gasteiger partial charge in [-0.3, -0.25) is 9.78 Å². The first-order valence-corrected chi connectivity index (χ1v) is 9.79. The highest BCUT2D eigenvalue weighted by atomic mass is 16.3. The molecule has 0 unspecified atom stereocenters. The van der Waals surface area contributed by atoms with E-state index in [4.69, 9.17) is 0 Å². The second-order valence-corrected chi connectivity index (χ2v) is 7.51. The molecule has 27 heavy (non-hydrogen) atoms. The van der Waals surface area contributed by atoms with Crippen molar-refractivity contribution in [1.82, 2.24) is 14.9 Å². The second kappa shape index (κ2) is 8.05. The smallest absolute Gasteiger partial charge is 0.254 e. The average Bonchev–Trinajstić information content (AvgIpc) is 3.09. The van der Waals surface area contributed by atoms with Gasteiger partial charge in [0.15, 0.2) is 0 Å². The Hall–Kier alpha value is -2.47. The Balaban J connectivity index is 1.45. The standard InChI is InChI=1S/C21H26N4O2/c26-19-15-25(14-17(19)12-18-6-2-3-8-22-18)20-13-16(7-9-23-20)21(27)24-10-4-1-5-11-24/h2-3,6-9,13,17,19,26H,1,4-5,10-12,14-15H2/t17-,19-/m1/s1. The van der Waals surface area contributed by atoms with E-state index in [1.165, 1.54) is 6.42 Å². The third kappa shape index (κ3) is 4.11. The summed E-state index contributed by atoms with van der Waals surface area (Å²) in [6.07, 6.45) is 7.17. The number of nitrogens with zero attached hydrogens (tertiary/aromatic N) is 4. The highest BCUT2D eigenvalue weighted by Gasteiger charge is 2.32. The van der Waals surface area contributed by atoms with Crippen LogP contribution in [0.2, 0.25) is 0 Å². The molecular weight excluding hydrogens is 340 g/mol. The molecule has 2 atom stereocenters. The minimum Gasteiger partial charge on any atom is -0.391 e. The van der Waals surface area contributed by atoms with E-state index in [2.05, 4.69) is 14.9 Å². The predicted molar refractivity (Wildman–Crippen MR) is 104 cm³/mol. The van der Waals surface area contributed by atoms with Gasteiger partial charge >= 0.3 is 0 Å². The van der Waals surface area contributed by atoms with Gasteiger partial charge < -0.3 is 14.9 Å². The van der Waals surface area contributed by atoms with Crippen LogP contribution in [0.15, 0.2) is 42.7 Å². The van der Waals surface area contributed by atoms with E-state index in [1.807, 2.05) is 29.2 Å². The molecule has 0 aromatic carbocycles. The molecule has 0 aliphatic carbocycles. The number of anilines is 1. The van der Waals surface area contributed by atoms with E-state index in [0.717, 1.165) is 43.9 Å². The Morgan fingerprint density at radius 3 is 2.70 bits per heavy atom. The number of aliphatic hydroxyl groups excluding tert-OH is 1. The average molecular weight is 366 g/mol. The summed E-state index contributed by atoms with van der Waals surface area (Å²) in [4.78, 5) is 25.6. The van der Waals surface area contributed by atoms with Crippen LogP contribution in [0.3, 0.4) is 0 Å². The zero-order valence-electron chi connectivity index (χ0n) is 15.5. The number of likely N-dealkylation sites (tertiary alicyclic amines) is 1. The molecule has 6 heteroatoms. The first-order chi connectivity index (χ1) is 13.2. The number of rotatable bonds is 4. The number of amides is 1. The Labute approximate surface area is 159 Å². The van der Waals surface area contributed by atoms with Crippen molar-refractivity contribution < 1.29 is 9.90 Å². The molecule has 0 bridgehead atoms. The number of hydrogen-bond acceptors (Lipinski definition) is 5. The zero-order valence-corrected chi connectivity index (χ0v) is 15.5. The van der Waals surface area contributed by atoms with Gasteiger partial charge in [-0.05, 0) is 49.9 Å². The van der Waals surface area contributed by atoms with E-state index in [1.54, 1.807) is 18.5 Å². The van der Waals surface area contributed by atoms with Gasteiger partial charge in [-0.2, -0.15) is 0 Å². The van der Waals surface area contributed by atoms with E-state index in [-0.39, 0.29) is 11.8 Å². The van der Waals surface area contributed by atoms with E-state index < -0.39 is 6.10 Å². The number of carbonyl (C=O) groups is 1. The summed E-state index contributed by atoms with van der Waals surface area (Å²) in [6.45, 7) is 2.92. The molecule has 2 aromatic heterocycles. The molecule has 2 aliphatic heterocycles. The summed E-state index contributed by atoms with van der Waals surface area (Å²) in [5, 5.41) is 10.5. The van der Waals surface area contributed by atoms with Gasteiger partial charge in [-0.15, -0.1) is 0 Å². The van der Waals surface area contributed by atoms with Gasteiger partial charge in [0.05, 0.1) is 6.10 Å². The lowest BCUT2D eigenvalue weighted by Gasteiger charge is -2.27. The molecule has 2 aliphatic rings. The minimum absolute atomic E-state index is 0.0862. The molecular formula is C21H26N4O2. The minimum atomic E-state index is -0.421. The normalized spacial score (nSPS) is 22.9. The lowest BCUT2D eigenvalue weighted by atomic mass is 10.00. The molecule has 1 amide bonds. The molecule has 4 heterocycles. The van der Waals surface area contributed by atoms with Crippen LogP contribution in [0.5, 0.6) is 0 Å². The first kappa shape index (κ1) is 17.9. The molecule has 6 nitrogen and oxygen atoms in total. The van der Waals surface area contributed by atoms with Crippen LogP contribution in [0.4, 0.5) is 5.82 Å². The van der Waals surface area contributed by atoms with Crippen LogP contribution < -0.4 is 4.90 Å². The predicted octanol–water partition coefficient (Wildman–Crippen LogP) is 2.14. The van der Waals surface area contributed by atoms with Crippen molar-refractivity contribution in [2.24, 2.45) is 5.92 Å². The van der Waals surface area contributed by atoms with Crippen LogP contribution >= 0.6 is 0 Å². The van der Waals surface area contributed by atoms with E-state index in [0.29, 0.717) is 18.7 Å². The number of carbonyl (C=O) groups excluding carboxylic acids is 1. The van der Waals surface area contributed by atoms with Crippen LogP contribution in [-0.4, -0.2) is 58.2 Å². The first-order valence-electron chi connectivity index (χ1n) is 9.79. The van der Waals surface area contributed by atoms with Gasteiger partial charge in [-0.1, -0.05) is 6.07 Å². The maximum atomic E-state index is 12.8. The Morgan fingerprint density at radius 2 is 1.93 bits per heavy atom. The zero-order chi connectivity index (χ0) is 18.6. The maximum absolute atomic E-state index is 12.8. The van der Waals surface area contributed by atoms with Gasteiger partial charge in [0.1, 0.15) is 5.82 Å². The van der Waals surface area contributed by atoms with Crippen molar-refractivity contribution in [3.8, 4) is 0 Å². The monoisotopic (exact) mass is 366 g/mol. The van der Waals surface area contributed by atoms with Crippen LogP contribution in [0.25, 0.3) is 0 Å². The molecule has 2 fully saturated rings. The third-order valence-corrected chi connectivity index (χ3v) is 5.56. The summed E-state index contributed by atoms with van der Waals surface area (Å²) < 4.78 is 0. The molecule has 1 N–H and O–H groups in total. The Morgan fingerprint density at radius 1 is 1.07 bits per heavy atom. The molecule has 0 radical (unpaired) electrons. The number of pyridine rings is 2. The lowest BCUT2D eigenvalue weighted by molar-refractivity contribution is 0.0724. The largest absolute Gasteiger partial charge is 0.391 e. The van der Waals surface area contributed by atoms with E-state index >= 15 is 0 Å². The summed E-state index contributed by atoms with van der Waals surface area (Å²) in [5.74, 6) is 0.965. The highest BCUT2D eigenvalue weighted by Crippen LogP contribution is 2.26. The molecule has 142 valence electrons. The third-order valence-electron chi connectivity index (χ3n) is 5.56. The van der Waals surface area contributed by atoms with Crippen molar-refractivity contribution in [1.29, 1.82) is 0 Å². The topological polar surface area (TPSA) is 69.6 Å². The van der Waals surface area contributed by atoms with Gasteiger partial charge in [-0.25, -0.2) is 4.98 Å². The maximum Gasteiger partial charge on any atom is 0.254 e. The van der Waals surface area contributed by atoms with Crippen molar-refractivity contribution in [3.63, 3.8) is 0 Å². The fourth-order valence-corrected chi connectivity index (χ4v) is 4.03. The second-order valence-electron chi connectivity index (χ2n) is 7.51. The number of aromatic nitrogens is 2. The molecule has 4 rings (SSSR count). The molecule has 0 saturated carbocycles. The molecule has 2 aromatic rings. The number of aliphatic hydroxyl groups is 1. The van der Waals surface area contributed by atoms with Crippen LogP contribution in [-0.2, 0) is 6.42 Å². The van der Waals surface area contributed by atoms with Crippen molar-refractivity contribution in [3.05, 3.63) is 54.0 Å². The fraction of sp³-hybridized carbons (Fsp3) is 0.476. The quantitative estimate of drug-likeness (QED) is 0.898. The summed E-state index contributed by atoms with van der Waals surface area (Å²) >= 11 is 0. The Kier molecular flexibility index (Phi) is 5.34. The number of hydrogen-bond donors (Lipinski definition) is 1. The van der Waals surface area contributed by atoms with Crippen LogP contribution in [0.1, 0.15) is 35.3 Å². The van der Waals surface area contributed by atoms with Gasteiger partial charge in [0.2, 0.25) is 0 Å². The lowest BCUT2D eigenvalue weighted by Crippen LogP contribution is -2.35. The summed E-state index contributed by atoms with van der Waals surface area (Å²) in [5.41, 5.74) is 1.68. The van der Waals surface area contributed by atoms with Gasteiger partial charge in [0.25, 0.3) is 5.91 Å². The van der Waals surface area contributed by atoms with E-state index in [9.17, 15) is 9.90 Å². The van der Waals surface area contributed by atoms with Crippen molar-refractivity contribution in [2.75, 3.05) is 31.1 Å². The fourth-order valence-electron chi connectivity index (χ4n) is 4.03.